The Hall–Kier alpha value is -2.02. The van der Waals surface area contributed by atoms with E-state index in [9.17, 15) is 14.4 Å². The van der Waals surface area contributed by atoms with Crippen molar-refractivity contribution in [1.82, 2.24) is 10.2 Å². The van der Waals surface area contributed by atoms with Gasteiger partial charge in [-0.3, -0.25) is 14.4 Å². The molecule has 144 valence electrons. The van der Waals surface area contributed by atoms with E-state index in [-0.39, 0.29) is 22.6 Å². The summed E-state index contributed by atoms with van der Waals surface area (Å²) in [5.41, 5.74) is 2.01. The van der Waals surface area contributed by atoms with Crippen molar-refractivity contribution in [2.45, 2.75) is 56.5 Å². The number of carbonyl (C=O) groups excluding carboxylic acids is 3. The summed E-state index contributed by atoms with van der Waals surface area (Å²) in [6, 6.07) is 6.86. The topological polar surface area (TPSA) is 69.7 Å². The van der Waals surface area contributed by atoms with Crippen LogP contribution in [0.15, 0.2) is 24.3 Å². The van der Waals surface area contributed by atoms with Gasteiger partial charge in [0.2, 0.25) is 17.7 Å². The number of piperidine rings is 1. The highest BCUT2D eigenvalue weighted by atomic mass is 32.2. The Labute approximate surface area is 163 Å². The van der Waals surface area contributed by atoms with E-state index in [1.54, 1.807) is 21.6 Å². The number of amides is 3. The van der Waals surface area contributed by atoms with Crippen LogP contribution in [0, 0.1) is 6.92 Å². The van der Waals surface area contributed by atoms with Crippen molar-refractivity contribution < 1.29 is 14.4 Å². The Morgan fingerprint density at radius 1 is 1.26 bits per heavy atom. The number of nitrogens with one attached hydrogen (secondary N) is 1. The standard InChI is InChI=1S/C20H25N3O3S/c1-13-5-7-14(8-6-13)22-11-3-4-15(19(22)26)21-18(25)16-12-27-20(2)10-9-17(24)23(16)20/h5-8,15-16H,3-4,9-12H2,1-2H3,(H,21,25)/t15-,16-,20+/m0/s1. The van der Waals surface area contributed by atoms with Gasteiger partial charge in [0.05, 0.1) is 4.87 Å². The zero-order chi connectivity index (χ0) is 19.2. The minimum atomic E-state index is -0.526. The number of benzene rings is 1. The summed E-state index contributed by atoms with van der Waals surface area (Å²) in [6.45, 7) is 4.70. The number of carbonyl (C=O) groups is 3. The third kappa shape index (κ3) is 3.22. The number of anilines is 1. The highest BCUT2D eigenvalue weighted by molar-refractivity contribution is 8.01. The van der Waals surface area contributed by atoms with Gasteiger partial charge in [0, 0.05) is 24.4 Å². The second kappa shape index (κ2) is 6.86. The van der Waals surface area contributed by atoms with Gasteiger partial charge in [0.25, 0.3) is 0 Å². The largest absolute Gasteiger partial charge is 0.342 e. The van der Waals surface area contributed by atoms with Crippen molar-refractivity contribution in [2.24, 2.45) is 0 Å². The van der Waals surface area contributed by atoms with Crippen LogP contribution in [-0.4, -0.2) is 51.9 Å². The minimum Gasteiger partial charge on any atom is -0.342 e. The maximum atomic E-state index is 12.9. The quantitative estimate of drug-likeness (QED) is 0.862. The molecule has 3 atom stereocenters. The predicted octanol–water partition coefficient (Wildman–Crippen LogP) is 2.06. The second-order valence-corrected chi connectivity index (χ2v) is 9.30. The first-order valence-electron chi connectivity index (χ1n) is 9.54. The molecule has 0 saturated carbocycles. The van der Waals surface area contributed by atoms with Gasteiger partial charge in [-0.2, -0.15) is 0 Å². The van der Waals surface area contributed by atoms with Crippen LogP contribution in [0.4, 0.5) is 5.69 Å². The summed E-state index contributed by atoms with van der Waals surface area (Å²) in [6.07, 6.45) is 2.75. The van der Waals surface area contributed by atoms with E-state index in [1.807, 2.05) is 38.1 Å². The Balaban J connectivity index is 1.46. The molecule has 3 saturated heterocycles. The maximum Gasteiger partial charge on any atom is 0.249 e. The average molecular weight is 388 g/mol. The summed E-state index contributed by atoms with van der Waals surface area (Å²) in [5, 5.41) is 2.93. The van der Waals surface area contributed by atoms with E-state index in [0.29, 0.717) is 25.1 Å². The lowest BCUT2D eigenvalue weighted by atomic mass is 10.0. The third-order valence-corrected chi connectivity index (χ3v) is 7.35. The van der Waals surface area contributed by atoms with E-state index in [4.69, 9.17) is 0 Å². The molecular weight excluding hydrogens is 362 g/mol. The number of nitrogens with zero attached hydrogens (tertiary/aromatic N) is 2. The molecule has 1 aromatic carbocycles. The van der Waals surface area contributed by atoms with Crippen molar-refractivity contribution in [3.8, 4) is 0 Å². The van der Waals surface area contributed by atoms with E-state index in [0.717, 1.165) is 24.1 Å². The maximum absolute atomic E-state index is 12.9. The zero-order valence-corrected chi connectivity index (χ0v) is 16.6. The molecule has 3 fully saturated rings. The number of aryl methyl sites for hydroxylation is 1. The number of thioether (sulfide) groups is 1. The van der Waals surface area contributed by atoms with Crippen LogP contribution >= 0.6 is 11.8 Å². The zero-order valence-electron chi connectivity index (χ0n) is 15.7. The fourth-order valence-electron chi connectivity index (χ4n) is 4.27. The Kier molecular flexibility index (Phi) is 4.66. The molecule has 3 aliphatic heterocycles. The van der Waals surface area contributed by atoms with E-state index in [2.05, 4.69) is 5.32 Å². The van der Waals surface area contributed by atoms with E-state index in [1.165, 1.54) is 0 Å². The fraction of sp³-hybridized carbons (Fsp3) is 0.550. The lowest BCUT2D eigenvalue weighted by molar-refractivity contribution is -0.139. The lowest BCUT2D eigenvalue weighted by Gasteiger charge is -2.34. The number of hydrogen-bond donors (Lipinski definition) is 1. The Bertz CT molecular complexity index is 781. The molecule has 0 bridgehead atoms. The van der Waals surface area contributed by atoms with Crippen LogP contribution in [0.1, 0.15) is 38.2 Å². The smallest absolute Gasteiger partial charge is 0.249 e. The summed E-state index contributed by atoms with van der Waals surface area (Å²) < 4.78 is 0. The molecular formula is C20H25N3O3S. The van der Waals surface area contributed by atoms with Crippen LogP contribution in [0.3, 0.4) is 0 Å². The van der Waals surface area contributed by atoms with E-state index >= 15 is 0 Å². The van der Waals surface area contributed by atoms with Gasteiger partial charge >= 0.3 is 0 Å². The van der Waals surface area contributed by atoms with Crippen molar-refractivity contribution in [3.63, 3.8) is 0 Å². The molecule has 0 unspecified atom stereocenters. The number of hydrogen-bond acceptors (Lipinski definition) is 4. The summed E-state index contributed by atoms with van der Waals surface area (Å²) in [7, 11) is 0. The SMILES string of the molecule is Cc1ccc(N2CCC[C@H](NC(=O)[C@@H]3CS[C@]4(C)CCC(=O)N34)C2=O)cc1. The molecule has 3 heterocycles. The molecule has 0 aliphatic carbocycles. The highest BCUT2D eigenvalue weighted by Gasteiger charge is 2.53. The molecule has 1 aromatic rings. The Morgan fingerprint density at radius 3 is 2.74 bits per heavy atom. The van der Waals surface area contributed by atoms with Gasteiger partial charge in [-0.15, -0.1) is 11.8 Å². The highest BCUT2D eigenvalue weighted by Crippen LogP contribution is 2.47. The lowest BCUT2D eigenvalue weighted by Crippen LogP contribution is -2.57. The van der Waals surface area contributed by atoms with Crippen molar-refractivity contribution in [3.05, 3.63) is 29.8 Å². The number of fused-ring (bicyclic) bond motifs is 1. The monoisotopic (exact) mass is 387 g/mol. The van der Waals surface area contributed by atoms with Crippen LogP contribution in [0.2, 0.25) is 0 Å². The third-order valence-electron chi connectivity index (χ3n) is 5.85. The first kappa shape index (κ1) is 18.3. The minimum absolute atomic E-state index is 0.0407. The molecule has 3 amide bonds. The van der Waals surface area contributed by atoms with Gasteiger partial charge < -0.3 is 15.1 Å². The van der Waals surface area contributed by atoms with Crippen molar-refractivity contribution >= 4 is 35.2 Å². The van der Waals surface area contributed by atoms with Crippen LogP contribution in [-0.2, 0) is 14.4 Å². The van der Waals surface area contributed by atoms with Gasteiger partial charge in [0.15, 0.2) is 0 Å². The van der Waals surface area contributed by atoms with Crippen molar-refractivity contribution in [1.29, 1.82) is 0 Å². The molecule has 27 heavy (non-hydrogen) atoms. The number of rotatable bonds is 3. The molecule has 3 aliphatic rings. The average Bonchev–Trinajstić information content (AvgIpc) is 3.14. The summed E-state index contributed by atoms with van der Waals surface area (Å²) >= 11 is 1.67. The van der Waals surface area contributed by atoms with Gasteiger partial charge in [-0.1, -0.05) is 17.7 Å². The van der Waals surface area contributed by atoms with Gasteiger partial charge in [0.1, 0.15) is 12.1 Å². The van der Waals surface area contributed by atoms with E-state index < -0.39 is 12.1 Å². The van der Waals surface area contributed by atoms with Crippen molar-refractivity contribution in [2.75, 3.05) is 17.2 Å². The summed E-state index contributed by atoms with van der Waals surface area (Å²) in [5.74, 6) is 0.362. The first-order valence-corrected chi connectivity index (χ1v) is 10.5. The first-order chi connectivity index (χ1) is 12.9. The van der Waals surface area contributed by atoms with Crippen LogP contribution in [0.25, 0.3) is 0 Å². The molecule has 6 nitrogen and oxygen atoms in total. The normalized spacial score (nSPS) is 30.6. The molecule has 0 aromatic heterocycles. The fourth-order valence-corrected chi connectivity index (χ4v) is 5.70. The molecule has 7 heteroatoms. The Morgan fingerprint density at radius 2 is 2.00 bits per heavy atom. The summed E-state index contributed by atoms with van der Waals surface area (Å²) in [4.78, 5) is 41.3. The molecule has 4 rings (SSSR count). The van der Waals surface area contributed by atoms with Gasteiger partial charge in [-0.05, 0) is 45.2 Å². The molecule has 1 N–H and O–H groups in total. The predicted molar refractivity (Wildman–Crippen MR) is 105 cm³/mol. The van der Waals surface area contributed by atoms with Crippen LogP contribution < -0.4 is 10.2 Å². The molecule has 0 radical (unpaired) electrons. The van der Waals surface area contributed by atoms with Crippen LogP contribution in [0.5, 0.6) is 0 Å². The van der Waals surface area contributed by atoms with Gasteiger partial charge in [-0.25, -0.2) is 0 Å². The second-order valence-electron chi connectivity index (χ2n) is 7.79. The molecule has 0 spiro atoms.